The summed E-state index contributed by atoms with van der Waals surface area (Å²) in [4.78, 5) is 14.9. The molecule has 2 heterocycles. The molecule has 0 bridgehead atoms. The third-order valence-corrected chi connectivity index (χ3v) is 2.82. The van der Waals surface area contributed by atoms with Crippen LogP contribution in [0.4, 0.5) is 5.82 Å². The predicted molar refractivity (Wildman–Crippen MR) is 73.3 cm³/mol. The number of fused-ring (bicyclic) bond motifs is 1. The minimum Gasteiger partial charge on any atom is -0.383 e. The van der Waals surface area contributed by atoms with E-state index >= 15 is 0 Å². The van der Waals surface area contributed by atoms with Crippen LogP contribution in [0.15, 0.2) is 24.7 Å². The number of aromatic nitrogens is 3. The summed E-state index contributed by atoms with van der Waals surface area (Å²) in [6, 6.07) is 3.87. The van der Waals surface area contributed by atoms with Gasteiger partial charge in [-0.05, 0) is 12.1 Å². The molecule has 0 aromatic carbocycles. The summed E-state index contributed by atoms with van der Waals surface area (Å²) in [5, 5.41) is 0.942. The van der Waals surface area contributed by atoms with Crippen molar-refractivity contribution in [3.8, 4) is 0 Å². The van der Waals surface area contributed by atoms with E-state index in [9.17, 15) is 0 Å². The van der Waals surface area contributed by atoms with Crippen LogP contribution < -0.4 is 4.90 Å². The molecule has 19 heavy (non-hydrogen) atoms. The van der Waals surface area contributed by atoms with E-state index in [1.807, 2.05) is 12.1 Å². The Morgan fingerprint density at radius 3 is 2.47 bits per heavy atom. The van der Waals surface area contributed by atoms with E-state index in [4.69, 9.17) is 9.47 Å². The molecule has 2 aromatic heterocycles. The second-order valence-electron chi connectivity index (χ2n) is 4.04. The molecule has 0 amide bonds. The van der Waals surface area contributed by atoms with E-state index in [0.717, 1.165) is 24.3 Å². The van der Waals surface area contributed by atoms with Crippen LogP contribution in [0.2, 0.25) is 0 Å². The zero-order valence-corrected chi connectivity index (χ0v) is 11.2. The van der Waals surface area contributed by atoms with Gasteiger partial charge in [0.15, 0.2) is 5.65 Å². The van der Waals surface area contributed by atoms with E-state index in [1.165, 1.54) is 6.33 Å². The number of anilines is 1. The van der Waals surface area contributed by atoms with Crippen LogP contribution in [0.5, 0.6) is 0 Å². The van der Waals surface area contributed by atoms with Crippen molar-refractivity contribution in [3.63, 3.8) is 0 Å². The first-order valence-electron chi connectivity index (χ1n) is 6.15. The molecule has 0 aliphatic rings. The van der Waals surface area contributed by atoms with Crippen molar-refractivity contribution in [2.45, 2.75) is 0 Å². The quantitative estimate of drug-likeness (QED) is 0.745. The Morgan fingerprint density at radius 2 is 1.79 bits per heavy atom. The van der Waals surface area contributed by atoms with Crippen LogP contribution >= 0.6 is 0 Å². The van der Waals surface area contributed by atoms with Crippen LogP contribution in [0.3, 0.4) is 0 Å². The first kappa shape index (κ1) is 13.6. The Kier molecular flexibility index (Phi) is 5.00. The molecule has 0 N–H and O–H groups in total. The van der Waals surface area contributed by atoms with Crippen LogP contribution in [-0.2, 0) is 9.47 Å². The maximum Gasteiger partial charge on any atom is 0.164 e. The molecule has 0 aliphatic carbocycles. The van der Waals surface area contributed by atoms with Crippen molar-refractivity contribution in [2.24, 2.45) is 0 Å². The van der Waals surface area contributed by atoms with E-state index in [1.54, 1.807) is 20.4 Å². The maximum atomic E-state index is 5.14. The van der Waals surface area contributed by atoms with Gasteiger partial charge in [-0.3, -0.25) is 0 Å². The zero-order valence-electron chi connectivity index (χ0n) is 11.2. The molecule has 0 aliphatic heterocycles. The number of methoxy groups -OCH3 is 2. The molecule has 2 rings (SSSR count). The molecule has 0 radical (unpaired) electrons. The Morgan fingerprint density at radius 1 is 1.05 bits per heavy atom. The molecular formula is C13H18N4O2. The lowest BCUT2D eigenvalue weighted by Gasteiger charge is -2.23. The highest BCUT2D eigenvalue weighted by molar-refractivity contribution is 5.86. The van der Waals surface area contributed by atoms with E-state index in [-0.39, 0.29) is 0 Å². The van der Waals surface area contributed by atoms with Gasteiger partial charge in [-0.2, -0.15) is 0 Å². The van der Waals surface area contributed by atoms with Crippen molar-refractivity contribution in [1.29, 1.82) is 0 Å². The van der Waals surface area contributed by atoms with Crippen molar-refractivity contribution < 1.29 is 9.47 Å². The van der Waals surface area contributed by atoms with E-state index in [2.05, 4.69) is 19.9 Å². The van der Waals surface area contributed by atoms with Crippen molar-refractivity contribution in [3.05, 3.63) is 24.7 Å². The lowest BCUT2D eigenvalue weighted by Crippen LogP contribution is -2.31. The highest BCUT2D eigenvalue weighted by Crippen LogP contribution is 2.20. The third kappa shape index (κ3) is 3.36. The number of hydrogen-bond acceptors (Lipinski definition) is 6. The number of pyridine rings is 1. The minimum absolute atomic E-state index is 0.634. The second-order valence-corrected chi connectivity index (χ2v) is 4.04. The van der Waals surface area contributed by atoms with Crippen LogP contribution in [-0.4, -0.2) is 55.5 Å². The summed E-state index contributed by atoms with van der Waals surface area (Å²) in [5.41, 5.74) is 0.701. The molecule has 2 aromatic rings. The summed E-state index contributed by atoms with van der Waals surface area (Å²) < 4.78 is 10.3. The summed E-state index contributed by atoms with van der Waals surface area (Å²) >= 11 is 0. The second kappa shape index (κ2) is 6.96. The average molecular weight is 262 g/mol. The first-order chi connectivity index (χ1) is 9.36. The van der Waals surface area contributed by atoms with Gasteiger partial charge in [0.05, 0.1) is 18.6 Å². The third-order valence-electron chi connectivity index (χ3n) is 2.82. The average Bonchev–Trinajstić information content (AvgIpc) is 2.47. The molecule has 0 fully saturated rings. The molecule has 0 spiro atoms. The fourth-order valence-electron chi connectivity index (χ4n) is 1.86. The summed E-state index contributed by atoms with van der Waals surface area (Å²) in [5.74, 6) is 0.868. The number of hydrogen-bond donors (Lipinski definition) is 0. The van der Waals surface area contributed by atoms with Crippen molar-refractivity contribution in [2.75, 3.05) is 45.4 Å². The topological polar surface area (TPSA) is 60.4 Å². The smallest absolute Gasteiger partial charge is 0.164 e. The molecule has 102 valence electrons. The summed E-state index contributed by atoms with van der Waals surface area (Å²) in [7, 11) is 3.38. The van der Waals surface area contributed by atoms with Crippen LogP contribution in [0.1, 0.15) is 0 Å². The van der Waals surface area contributed by atoms with Gasteiger partial charge in [-0.1, -0.05) is 0 Å². The Balaban J connectivity index is 2.31. The standard InChI is InChI=1S/C13H18N4O2/c1-18-8-6-17(7-9-19-2)13-11-4-3-5-14-12(11)15-10-16-13/h3-5,10H,6-9H2,1-2H3. The van der Waals surface area contributed by atoms with Gasteiger partial charge in [0.2, 0.25) is 0 Å². The van der Waals surface area contributed by atoms with Gasteiger partial charge in [0.25, 0.3) is 0 Å². The number of nitrogens with zero attached hydrogens (tertiary/aromatic N) is 4. The largest absolute Gasteiger partial charge is 0.383 e. The summed E-state index contributed by atoms with van der Waals surface area (Å²) in [6.45, 7) is 2.77. The fraction of sp³-hybridized carbons (Fsp3) is 0.462. The predicted octanol–water partition coefficient (Wildman–Crippen LogP) is 1.12. The Hall–Kier alpha value is -1.79. The van der Waals surface area contributed by atoms with Crippen LogP contribution in [0, 0.1) is 0 Å². The molecule has 0 saturated heterocycles. The van der Waals surface area contributed by atoms with Crippen molar-refractivity contribution in [1.82, 2.24) is 15.0 Å². The normalized spacial score (nSPS) is 10.8. The lowest BCUT2D eigenvalue weighted by molar-refractivity contribution is 0.190. The number of rotatable bonds is 7. The molecule has 0 atom stereocenters. The van der Waals surface area contributed by atoms with Gasteiger partial charge in [0, 0.05) is 33.5 Å². The van der Waals surface area contributed by atoms with Gasteiger partial charge in [-0.25, -0.2) is 15.0 Å². The van der Waals surface area contributed by atoms with Gasteiger partial charge >= 0.3 is 0 Å². The zero-order chi connectivity index (χ0) is 13.5. The Bertz CT molecular complexity index is 507. The maximum absolute atomic E-state index is 5.14. The van der Waals surface area contributed by atoms with Gasteiger partial charge in [0.1, 0.15) is 12.1 Å². The fourth-order valence-corrected chi connectivity index (χ4v) is 1.86. The van der Waals surface area contributed by atoms with E-state index < -0.39 is 0 Å². The van der Waals surface area contributed by atoms with Gasteiger partial charge in [-0.15, -0.1) is 0 Å². The Labute approximate surface area is 112 Å². The van der Waals surface area contributed by atoms with Gasteiger partial charge < -0.3 is 14.4 Å². The monoisotopic (exact) mass is 262 g/mol. The molecular weight excluding hydrogens is 244 g/mol. The first-order valence-corrected chi connectivity index (χ1v) is 6.15. The molecule has 0 unspecified atom stereocenters. The lowest BCUT2D eigenvalue weighted by atomic mass is 10.3. The number of ether oxygens (including phenoxy) is 2. The SMILES string of the molecule is COCCN(CCOC)c1ncnc2ncccc12. The molecule has 0 saturated carbocycles. The highest BCUT2D eigenvalue weighted by Gasteiger charge is 2.12. The summed E-state index contributed by atoms with van der Waals surface area (Å²) in [6.07, 6.45) is 3.27. The minimum atomic E-state index is 0.634. The molecule has 6 heteroatoms. The highest BCUT2D eigenvalue weighted by atomic mass is 16.5. The molecule has 6 nitrogen and oxygen atoms in total. The van der Waals surface area contributed by atoms with E-state index in [0.29, 0.717) is 18.9 Å². The van der Waals surface area contributed by atoms with Crippen LogP contribution in [0.25, 0.3) is 11.0 Å². The van der Waals surface area contributed by atoms with Crippen molar-refractivity contribution >= 4 is 16.9 Å².